The molecule has 4 nitrogen and oxygen atoms in total. The molecule has 1 aliphatic rings. The molecule has 1 N–H and O–H groups in total. The third-order valence-corrected chi connectivity index (χ3v) is 5.20. The van der Waals surface area contributed by atoms with Crippen molar-refractivity contribution >= 4 is 57.3 Å². The minimum atomic E-state index is -0.657. The van der Waals surface area contributed by atoms with E-state index < -0.39 is 5.38 Å². The number of aromatic nitrogens is 1. The minimum Gasteiger partial charge on any atom is -0.295 e. The Morgan fingerprint density at radius 3 is 2.68 bits per heavy atom. The Kier molecular flexibility index (Phi) is 4.20. The molecule has 2 heterocycles. The largest absolute Gasteiger partial charge is 0.295 e. The third-order valence-electron chi connectivity index (χ3n) is 4.20. The van der Waals surface area contributed by atoms with Crippen molar-refractivity contribution in [3.63, 3.8) is 0 Å². The maximum Gasteiger partial charge on any atom is 0.262 e. The molecule has 7 heteroatoms. The van der Waals surface area contributed by atoms with Gasteiger partial charge in [-0.15, -0.1) is 11.6 Å². The summed E-state index contributed by atoms with van der Waals surface area (Å²) in [7, 11) is 0. The Balaban J connectivity index is 1.70. The number of fused-ring (bicyclic) bond motifs is 1. The summed E-state index contributed by atoms with van der Waals surface area (Å²) in [5.41, 5.74) is 5.44. The molecule has 2 aromatic carbocycles. The first kappa shape index (κ1) is 16.5. The highest BCUT2D eigenvalue weighted by atomic mass is 35.5. The quantitative estimate of drug-likeness (QED) is 0.500. The van der Waals surface area contributed by atoms with Crippen molar-refractivity contribution in [1.29, 1.82) is 0 Å². The number of nitrogens with zero attached hydrogens (tertiary/aromatic N) is 2. The van der Waals surface area contributed by atoms with E-state index in [1.54, 1.807) is 30.5 Å². The zero-order valence-corrected chi connectivity index (χ0v) is 15.1. The van der Waals surface area contributed by atoms with E-state index in [0.29, 0.717) is 10.0 Å². The van der Waals surface area contributed by atoms with Gasteiger partial charge in [0, 0.05) is 21.6 Å². The molecule has 25 heavy (non-hydrogen) atoms. The van der Waals surface area contributed by atoms with Gasteiger partial charge in [-0.25, -0.2) is 5.01 Å². The van der Waals surface area contributed by atoms with Crippen LogP contribution in [0.1, 0.15) is 11.6 Å². The van der Waals surface area contributed by atoms with Gasteiger partial charge >= 0.3 is 0 Å². The number of hydrogen-bond acceptors (Lipinski definition) is 3. The highest BCUT2D eigenvalue weighted by Gasteiger charge is 2.48. The number of carbonyl (C=O) groups is 1. The van der Waals surface area contributed by atoms with Gasteiger partial charge in [0.25, 0.3) is 5.91 Å². The van der Waals surface area contributed by atoms with Crippen LogP contribution in [0.5, 0.6) is 0 Å². The maximum absolute atomic E-state index is 12.3. The fraction of sp³-hybridized carbons (Fsp3) is 0.111. The summed E-state index contributed by atoms with van der Waals surface area (Å²) in [6.45, 7) is 0. The van der Waals surface area contributed by atoms with Gasteiger partial charge in [0.05, 0.1) is 11.2 Å². The first-order chi connectivity index (χ1) is 12.1. The van der Waals surface area contributed by atoms with Crippen LogP contribution < -0.4 is 5.43 Å². The van der Waals surface area contributed by atoms with Crippen LogP contribution in [-0.2, 0) is 4.79 Å². The molecular weight excluding hydrogens is 381 g/mol. The average molecular weight is 393 g/mol. The number of halogens is 3. The standard InChI is InChI=1S/C18H12Cl3N3O/c19-10-5-6-12-14(7-8-22-15(12)9-10)23-24-17(16(21)18(24)25)11-3-1-2-4-13(11)20/h1-9,16-17H,(H,22,23). The van der Waals surface area contributed by atoms with Crippen LogP contribution in [-0.4, -0.2) is 21.3 Å². The van der Waals surface area contributed by atoms with Crippen molar-refractivity contribution in [3.8, 4) is 0 Å². The van der Waals surface area contributed by atoms with Crippen molar-refractivity contribution < 1.29 is 4.79 Å². The molecule has 1 aromatic heterocycles. The van der Waals surface area contributed by atoms with Gasteiger partial charge in [0.15, 0.2) is 0 Å². The Morgan fingerprint density at radius 2 is 1.88 bits per heavy atom. The average Bonchev–Trinajstić information content (AvgIpc) is 2.62. The number of hydrogen-bond donors (Lipinski definition) is 1. The summed E-state index contributed by atoms with van der Waals surface area (Å²) < 4.78 is 0. The summed E-state index contributed by atoms with van der Waals surface area (Å²) in [6.07, 6.45) is 1.66. The van der Waals surface area contributed by atoms with Crippen LogP contribution in [0.2, 0.25) is 10.0 Å². The third kappa shape index (κ3) is 2.80. The van der Waals surface area contributed by atoms with Crippen molar-refractivity contribution in [1.82, 2.24) is 9.99 Å². The molecule has 1 aliphatic heterocycles. The van der Waals surface area contributed by atoms with Crippen LogP contribution >= 0.6 is 34.8 Å². The van der Waals surface area contributed by atoms with E-state index in [9.17, 15) is 4.79 Å². The fourth-order valence-corrected chi connectivity index (χ4v) is 3.71. The topological polar surface area (TPSA) is 45.2 Å². The number of carbonyl (C=O) groups excluding carboxylic acids is 1. The number of anilines is 1. The van der Waals surface area contributed by atoms with Gasteiger partial charge in [-0.3, -0.25) is 15.2 Å². The molecule has 2 atom stereocenters. The molecule has 1 fully saturated rings. The van der Waals surface area contributed by atoms with E-state index in [-0.39, 0.29) is 11.9 Å². The van der Waals surface area contributed by atoms with Gasteiger partial charge in [0.2, 0.25) is 0 Å². The van der Waals surface area contributed by atoms with Crippen molar-refractivity contribution in [2.75, 3.05) is 5.43 Å². The first-order valence-electron chi connectivity index (χ1n) is 7.59. The molecule has 0 radical (unpaired) electrons. The molecule has 126 valence electrons. The van der Waals surface area contributed by atoms with E-state index in [4.69, 9.17) is 34.8 Å². The number of rotatable bonds is 3. The van der Waals surface area contributed by atoms with Crippen LogP contribution in [0.3, 0.4) is 0 Å². The van der Waals surface area contributed by atoms with Gasteiger partial charge in [-0.05, 0) is 35.9 Å². The zero-order chi connectivity index (χ0) is 17.6. The van der Waals surface area contributed by atoms with Gasteiger partial charge in [-0.1, -0.05) is 41.4 Å². The van der Waals surface area contributed by atoms with E-state index in [1.165, 1.54) is 5.01 Å². The number of alkyl halides is 1. The number of pyridine rings is 1. The van der Waals surface area contributed by atoms with Crippen molar-refractivity contribution in [3.05, 3.63) is 70.3 Å². The molecule has 0 spiro atoms. The zero-order valence-electron chi connectivity index (χ0n) is 12.8. The highest BCUT2D eigenvalue weighted by molar-refractivity contribution is 6.35. The Labute approximate surface area is 159 Å². The van der Waals surface area contributed by atoms with E-state index in [0.717, 1.165) is 22.2 Å². The first-order valence-corrected chi connectivity index (χ1v) is 8.78. The van der Waals surface area contributed by atoms with Crippen LogP contribution in [0, 0.1) is 0 Å². The molecule has 1 amide bonds. The van der Waals surface area contributed by atoms with Crippen LogP contribution in [0.15, 0.2) is 54.7 Å². The number of benzene rings is 2. The van der Waals surface area contributed by atoms with E-state index >= 15 is 0 Å². The number of β-lactam (4-membered cyclic amide) rings is 1. The lowest BCUT2D eigenvalue weighted by Gasteiger charge is -2.44. The number of amides is 1. The highest BCUT2D eigenvalue weighted by Crippen LogP contribution is 2.41. The van der Waals surface area contributed by atoms with Gasteiger partial charge in [-0.2, -0.15) is 0 Å². The lowest BCUT2D eigenvalue weighted by molar-refractivity contribution is -0.143. The van der Waals surface area contributed by atoms with Crippen LogP contribution in [0.4, 0.5) is 5.69 Å². The predicted molar refractivity (Wildman–Crippen MR) is 101 cm³/mol. The molecule has 2 unspecified atom stereocenters. The second kappa shape index (κ2) is 6.37. The molecular formula is C18H12Cl3N3O. The SMILES string of the molecule is O=C1C(Cl)C(c2ccccc2Cl)N1Nc1ccnc2cc(Cl)ccc12. The monoisotopic (exact) mass is 391 g/mol. The summed E-state index contributed by atoms with van der Waals surface area (Å²) in [4.78, 5) is 16.6. The maximum atomic E-state index is 12.3. The molecule has 0 bridgehead atoms. The van der Waals surface area contributed by atoms with Crippen molar-refractivity contribution in [2.45, 2.75) is 11.4 Å². The summed E-state index contributed by atoms with van der Waals surface area (Å²) in [5.74, 6) is -0.203. The number of hydrazine groups is 1. The number of nitrogens with one attached hydrogen (secondary N) is 1. The van der Waals surface area contributed by atoms with Gasteiger partial charge in [0.1, 0.15) is 11.4 Å². The minimum absolute atomic E-state index is 0.203. The van der Waals surface area contributed by atoms with Gasteiger partial charge < -0.3 is 0 Å². The van der Waals surface area contributed by atoms with E-state index in [1.807, 2.05) is 24.3 Å². The van der Waals surface area contributed by atoms with Crippen LogP contribution in [0.25, 0.3) is 10.9 Å². The lowest BCUT2D eigenvalue weighted by atomic mass is 9.95. The molecule has 0 aliphatic carbocycles. The smallest absolute Gasteiger partial charge is 0.262 e. The molecule has 0 saturated carbocycles. The Bertz CT molecular complexity index is 979. The second-order valence-electron chi connectivity index (χ2n) is 5.71. The molecule has 1 saturated heterocycles. The van der Waals surface area contributed by atoms with E-state index in [2.05, 4.69) is 10.4 Å². The molecule has 4 rings (SSSR count). The predicted octanol–water partition coefficient (Wildman–Crippen LogP) is 5.06. The fourth-order valence-electron chi connectivity index (χ4n) is 2.94. The lowest BCUT2D eigenvalue weighted by Crippen LogP contribution is -2.58. The van der Waals surface area contributed by atoms with Crippen molar-refractivity contribution in [2.24, 2.45) is 0 Å². The Morgan fingerprint density at radius 1 is 1.08 bits per heavy atom. The summed E-state index contributed by atoms with van der Waals surface area (Å²) in [5, 5.41) is 2.88. The summed E-state index contributed by atoms with van der Waals surface area (Å²) in [6, 6.07) is 14.2. The normalized spacial score (nSPS) is 19.8. The second-order valence-corrected chi connectivity index (χ2v) is 7.02. The Hall–Kier alpha value is -2.01. The molecule has 3 aromatic rings. The summed E-state index contributed by atoms with van der Waals surface area (Å²) >= 11 is 18.5.